The fourth-order valence-corrected chi connectivity index (χ4v) is 3.54. The Morgan fingerprint density at radius 2 is 1.68 bits per heavy atom. The van der Waals surface area contributed by atoms with Crippen LogP contribution in [0.1, 0.15) is 24.0 Å². The summed E-state index contributed by atoms with van der Waals surface area (Å²) < 4.78 is 13.4. The largest absolute Gasteiger partial charge is 0.473 e. The molecule has 1 atom stereocenters. The zero-order valence-corrected chi connectivity index (χ0v) is 17.4. The van der Waals surface area contributed by atoms with Crippen molar-refractivity contribution >= 4 is 17.8 Å². The van der Waals surface area contributed by atoms with Crippen LogP contribution in [0, 0.1) is 11.7 Å². The lowest BCUT2D eigenvalue weighted by Crippen LogP contribution is -2.43. The Hall–Kier alpha value is -3.26. The number of nitrogens with zero attached hydrogens (tertiary/aromatic N) is 2. The molecule has 31 heavy (non-hydrogen) atoms. The first-order valence-electron chi connectivity index (χ1n) is 9.98. The number of amides is 1. The number of hydrogen-bond donors (Lipinski definition) is 2. The van der Waals surface area contributed by atoms with E-state index in [4.69, 9.17) is 19.8 Å². The molecule has 0 bridgehead atoms. The molecule has 1 aliphatic rings. The molecule has 0 saturated carbocycles. The Morgan fingerprint density at radius 3 is 2.29 bits per heavy atom. The number of aliphatic carboxylic acids is 2. The first kappa shape index (κ1) is 24.0. The second-order valence-corrected chi connectivity index (χ2v) is 7.49. The number of piperidine rings is 1. The highest BCUT2D eigenvalue weighted by atomic mass is 19.1. The quantitative estimate of drug-likeness (QED) is 0.708. The van der Waals surface area contributed by atoms with Crippen LogP contribution >= 0.6 is 0 Å². The summed E-state index contributed by atoms with van der Waals surface area (Å²) in [7, 11) is 1.88. The standard InChI is InChI=1S/C21H25FN2O.C2H2O4/c1-23(14-17-7-3-2-4-8-17)21(25)19-10-6-12-24(16-19)15-18-9-5-11-20(22)13-18;3-1(4)2(5)6/h2-5,7-9,11,13,19H,6,10,12,14-16H2,1H3;(H,3,4)(H,5,6). The molecule has 7 nitrogen and oxygen atoms in total. The fraction of sp³-hybridized carbons (Fsp3) is 0.348. The predicted molar refractivity (Wildman–Crippen MR) is 113 cm³/mol. The molecule has 0 spiro atoms. The Kier molecular flexibility index (Phi) is 9.14. The van der Waals surface area contributed by atoms with Crippen molar-refractivity contribution in [3.8, 4) is 0 Å². The summed E-state index contributed by atoms with van der Waals surface area (Å²) in [6.07, 6.45) is 1.93. The van der Waals surface area contributed by atoms with Crippen LogP contribution in [-0.2, 0) is 27.5 Å². The van der Waals surface area contributed by atoms with E-state index in [1.807, 2.05) is 48.3 Å². The van der Waals surface area contributed by atoms with E-state index in [0.717, 1.165) is 37.1 Å². The molecule has 166 valence electrons. The van der Waals surface area contributed by atoms with Crippen LogP contribution < -0.4 is 0 Å². The van der Waals surface area contributed by atoms with Gasteiger partial charge in [0.05, 0.1) is 5.92 Å². The van der Waals surface area contributed by atoms with Gasteiger partial charge in [0.25, 0.3) is 0 Å². The van der Waals surface area contributed by atoms with Gasteiger partial charge in [-0.2, -0.15) is 0 Å². The van der Waals surface area contributed by atoms with Crippen molar-refractivity contribution in [2.24, 2.45) is 5.92 Å². The maximum Gasteiger partial charge on any atom is 0.414 e. The summed E-state index contributed by atoms with van der Waals surface area (Å²) in [5.74, 6) is -3.63. The second kappa shape index (κ2) is 11.8. The summed E-state index contributed by atoms with van der Waals surface area (Å²) in [4.78, 5) is 35.1. The Labute approximate surface area is 180 Å². The maximum atomic E-state index is 13.4. The molecule has 1 aliphatic heterocycles. The van der Waals surface area contributed by atoms with Crippen LogP contribution in [0.5, 0.6) is 0 Å². The van der Waals surface area contributed by atoms with Crippen LogP contribution in [0.2, 0.25) is 0 Å². The van der Waals surface area contributed by atoms with Crippen LogP contribution in [0.3, 0.4) is 0 Å². The monoisotopic (exact) mass is 430 g/mol. The van der Waals surface area contributed by atoms with Gasteiger partial charge in [-0.05, 0) is 42.6 Å². The molecule has 2 aromatic rings. The average Bonchev–Trinajstić information content (AvgIpc) is 2.74. The van der Waals surface area contributed by atoms with Gasteiger partial charge < -0.3 is 15.1 Å². The lowest BCUT2D eigenvalue weighted by molar-refractivity contribution is -0.159. The minimum absolute atomic E-state index is 0.0241. The number of carbonyl (C=O) groups is 3. The maximum absolute atomic E-state index is 13.4. The number of likely N-dealkylation sites (tertiary alicyclic amines) is 1. The molecule has 0 aliphatic carbocycles. The third kappa shape index (κ3) is 8.18. The SMILES string of the molecule is CN(Cc1ccccc1)C(=O)C1CCCN(Cc2cccc(F)c2)C1.O=C(O)C(=O)O. The lowest BCUT2D eigenvalue weighted by atomic mass is 9.96. The van der Waals surface area contributed by atoms with Crippen molar-refractivity contribution < 1.29 is 29.0 Å². The van der Waals surface area contributed by atoms with Gasteiger partial charge in [0, 0.05) is 26.7 Å². The van der Waals surface area contributed by atoms with Gasteiger partial charge in [-0.25, -0.2) is 14.0 Å². The van der Waals surface area contributed by atoms with E-state index in [9.17, 15) is 9.18 Å². The van der Waals surface area contributed by atoms with Crippen molar-refractivity contribution in [2.75, 3.05) is 20.1 Å². The second-order valence-electron chi connectivity index (χ2n) is 7.49. The molecule has 3 rings (SSSR count). The predicted octanol–water partition coefficient (Wildman–Crippen LogP) is 2.85. The van der Waals surface area contributed by atoms with Gasteiger partial charge in [0.1, 0.15) is 5.82 Å². The van der Waals surface area contributed by atoms with E-state index in [0.29, 0.717) is 13.1 Å². The number of hydrogen-bond acceptors (Lipinski definition) is 4. The number of rotatable bonds is 5. The van der Waals surface area contributed by atoms with Gasteiger partial charge in [-0.3, -0.25) is 9.69 Å². The Morgan fingerprint density at radius 1 is 1.03 bits per heavy atom. The van der Waals surface area contributed by atoms with E-state index in [1.54, 1.807) is 12.1 Å². The number of carbonyl (C=O) groups excluding carboxylic acids is 1. The molecule has 2 N–H and O–H groups in total. The van der Waals surface area contributed by atoms with Crippen LogP contribution in [0.4, 0.5) is 4.39 Å². The van der Waals surface area contributed by atoms with E-state index in [2.05, 4.69) is 4.90 Å². The minimum atomic E-state index is -1.82. The van der Waals surface area contributed by atoms with Crippen LogP contribution in [-0.4, -0.2) is 58.0 Å². The first-order valence-corrected chi connectivity index (χ1v) is 9.98. The lowest BCUT2D eigenvalue weighted by Gasteiger charge is -2.34. The van der Waals surface area contributed by atoms with Crippen molar-refractivity contribution in [1.82, 2.24) is 9.80 Å². The highest BCUT2D eigenvalue weighted by Gasteiger charge is 2.28. The molecular formula is C23H27FN2O5. The highest BCUT2D eigenvalue weighted by Crippen LogP contribution is 2.21. The minimum Gasteiger partial charge on any atom is -0.473 e. The summed E-state index contributed by atoms with van der Waals surface area (Å²) in [6.45, 7) is 3.04. The van der Waals surface area contributed by atoms with Gasteiger partial charge >= 0.3 is 11.9 Å². The number of carboxylic acids is 2. The zero-order chi connectivity index (χ0) is 22.8. The number of halogens is 1. The molecular weight excluding hydrogens is 403 g/mol. The van der Waals surface area contributed by atoms with E-state index >= 15 is 0 Å². The summed E-state index contributed by atoms with van der Waals surface area (Å²) in [5.41, 5.74) is 2.11. The molecule has 0 radical (unpaired) electrons. The average molecular weight is 430 g/mol. The van der Waals surface area contributed by atoms with Crippen molar-refractivity contribution in [2.45, 2.75) is 25.9 Å². The fourth-order valence-electron chi connectivity index (χ4n) is 3.54. The van der Waals surface area contributed by atoms with Crippen LogP contribution in [0.15, 0.2) is 54.6 Å². The molecule has 1 fully saturated rings. The molecule has 0 aromatic heterocycles. The van der Waals surface area contributed by atoms with Crippen LogP contribution in [0.25, 0.3) is 0 Å². The van der Waals surface area contributed by atoms with Gasteiger partial charge in [0.2, 0.25) is 5.91 Å². The van der Waals surface area contributed by atoms with Crippen molar-refractivity contribution in [3.63, 3.8) is 0 Å². The van der Waals surface area contributed by atoms with E-state index in [-0.39, 0.29) is 17.6 Å². The summed E-state index contributed by atoms with van der Waals surface area (Å²) >= 11 is 0. The Bertz CT molecular complexity index is 879. The molecule has 2 aromatic carbocycles. The molecule has 1 unspecified atom stereocenters. The first-order chi connectivity index (χ1) is 14.8. The molecule has 1 saturated heterocycles. The van der Waals surface area contributed by atoms with Crippen molar-refractivity contribution in [3.05, 3.63) is 71.5 Å². The molecule has 1 amide bonds. The third-order valence-corrected chi connectivity index (χ3v) is 4.97. The Balaban J connectivity index is 0.000000501. The number of carboxylic acid groups (broad SMARTS) is 2. The van der Waals surface area contributed by atoms with Gasteiger partial charge in [0.15, 0.2) is 0 Å². The normalized spacial score (nSPS) is 16.0. The third-order valence-electron chi connectivity index (χ3n) is 4.97. The van der Waals surface area contributed by atoms with E-state index < -0.39 is 11.9 Å². The van der Waals surface area contributed by atoms with Crippen molar-refractivity contribution in [1.29, 1.82) is 0 Å². The van der Waals surface area contributed by atoms with Gasteiger partial charge in [-0.1, -0.05) is 42.5 Å². The smallest absolute Gasteiger partial charge is 0.414 e. The number of benzene rings is 2. The topological polar surface area (TPSA) is 98.2 Å². The zero-order valence-electron chi connectivity index (χ0n) is 17.4. The summed E-state index contributed by atoms with van der Waals surface area (Å²) in [5, 5.41) is 14.8. The highest BCUT2D eigenvalue weighted by molar-refractivity contribution is 6.27. The molecule has 1 heterocycles. The molecule has 8 heteroatoms. The van der Waals surface area contributed by atoms with Gasteiger partial charge in [-0.15, -0.1) is 0 Å². The summed E-state index contributed by atoms with van der Waals surface area (Å²) in [6, 6.07) is 16.8. The van der Waals surface area contributed by atoms with E-state index in [1.165, 1.54) is 6.07 Å².